The Balaban J connectivity index is 2.49. The summed E-state index contributed by atoms with van der Waals surface area (Å²) in [6.07, 6.45) is 2.64. The number of hydrogen-bond acceptors (Lipinski definition) is 6. The zero-order chi connectivity index (χ0) is 18.9. The third kappa shape index (κ3) is 4.25. The van der Waals surface area contributed by atoms with E-state index in [9.17, 15) is 19.5 Å². The van der Waals surface area contributed by atoms with Crippen LogP contribution in [0.4, 0.5) is 0 Å². The van der Waals surface area contributed by atoms with Gasteiger partial charge in [-0.15, -0.1) is 0 Å². The smallest absolute Gasteiger partial charge is 0.334 e. The lowest BCUT2D eigenvalue weighted by Gasteiger charge is -2.32. The summed E-state index contributed by atoms with van der Waals surface area (Å²) in [6.45, 7) is 10.3. The highest BCUT2D eigenvalue weighted by atomic mass is 16.6. The number of allylic oxidation sites excluding steroid dienone is 2. The van der Waals surface area contributed by atoms with Gasteiger partial charge in [0.2, 0.25) is 0 Å². The summed E-state index contributed by atoms with van der Waals surface area (Å²) >= 11 is 0. The van der Waals surface area contributed by atoms with Crippen molar-refractivity contribution >= 4 is 17.7 Å². The number of carbonyl (C=O) groups is 3. The number of ether oxygens (including phenoxy) is 2. The van der Waals surface area contributed by atoms with Gasteiger partial charge < -0.3 is 14.6 Å². The number of aliphatic hydroxyl groups is 1. The van der Waals surface area contributed by atoms with Crippen molar-refractivity contribution in [3.8, 4) is 0 Å². The SMILES string of the molecule is C=C1C(=O)O[C@@H]2/C=C(\C)C(=O)/C=C\[C@@](C)(O)C[C@@H](OC(=O)C(C)C)[C@@H]12. The van der Waals surface area contributed by atoms with Crippen LogP contribution in [-0.4, -0.2) is 40.6 Å². The largest absolute Gasteiger partial charge is 0.461 e. The molecule has 6 heteroatoms. The predicted octanol–water partition coefficient (Wildman–Crippen LogP) is 1.88. The van der Waals surface area contributed by atoms with Gasteiger partial charge in [-0.25, -0.2) is 4.79 Å². The van der Waals surface area contributed by atoms with Crippen LogP contribution in [-0.2, 0) is 23.9 Å². The van der Waals surface area contributed by atoms with Crippen molar-refractivity contribution in [2.45, 2.75) is 51.9 Å². The molecule has 0 spiro atoms. The fourth-order valence-electron chi connectivity index (χ4n) is 2.90. The molecule has 136 valence electrons. The first-order valence-electron chi connectivity index (χ1n) is 8.26. The molecule has 0 aromatic heterocycles. The molecular weight excluding hydrogens is 324 g/mol. The van der Waals surface area contributed by atoms with Crippen LogP contribution in [0.2, 0.25) is 0 Å². The molecule has 1 N–H and O–H groups in total. The second-order valence-electron chi connectivity index (χ2n) is 7.16. The number of carbonyl (C=O) groups excluding carboxylic acids is 3. The van der Waals surface area contributed by atoms with E-state index in [1.165, 1.54) is 19.1 Å². The Labute approximate surface area is 147 Å². The number of fused-ring (bicyclic) bond motifs is 1. The molecule has 0 amide bonds. The topological polar surface area (TPSA) is 89.9 Å². The maximum absolute atomic E-state index is 12.1. The van der Waals surface area contributed by atoms with E-state index in [1.54, 1.807) is 26.8 Å². The maximum Gasteiger partial charge on any atom is 0.334 e. The van der Waals surface area contributed by atoms with E-state index in [4.69, 9.17) is 9.47 Å². The first-order valence-corrected chi connectivity index (χ1v) is 8.26. The molecule has 2 rings (SSSR count). The highest BCUT2D eigenvalue weighted by Gasteiger charge is 2.46. The van der Waals surface area contributed by atoms with Gasteiger partial charge in [0.25, 0.3) is 0 Å². The zero-order valence-corrected chi connectivity index (χ0v) is 14.9. The minimum absolute atomic E-state index is 0.0129. The number of hydrogen-bond donors (Lipinski definition) is 1. The second kappa shape index (κ2) is 6.96. The van der Waals surface area contributed by atoms with Crippen molar-refractivity contribution in [3.63, 3.8) is 0 Å². The molecule has 1 aliphatic carbocycles. The van der Waals surface area contributed by atoms with Gasteiger partial charge in [0.15, 0.2) is 5.78 Å². The van der Waals surface area contributed by atoms with Crippen molar-refractivity contribution in [2.24, 2.45) is 11.8 Å². The van der Waals surface area contributed by atoms with Crippen molar-refractivity contribution < 1.29 is 29.0 Å². The Hall–Kier alpha value is -2.21. The van der Waals surface area contributed by atoms with Gasteiger partial charge in [0, 0.05) is 12.0 Å². The van der Waals surface area contributed by atoms with Crippen molar-refractivity contribution in [1.29, 1.82) is 0 Å². The third-order valence-electron chi connectivity index (χ3n) is 4.41. The van der Waals surface area contributed by atoms with Crippen LogP contribution in [0.1, 0.15) is 34.1 Å². The standard InChI is InChI=1S/C19H24O6/c1-10(2)17(21)25-15-9-19(5,23)7-6-13(20)11(3)8-14-16(15)12(4)18(22)24-14/h6-8,10,14-16,23H,4,9H2,1-3,5H3/b7-6-,11-8+/t14-,15-,16+,19-/m1/s1. The summed E-state index contributed by atoms with van der Waals surface area (Å²) in [7, 11) is 0. The first-order chi connectivity index (χ1) is 11.5. The molecule has 6 nitrogen and oxygen atoms in total. The second-order valence-corrected chi connectivity index (χ2v) is 7.16. The zero-order valence-electron chi connectivity index (χ0n) is 14.9. The predicted molar refractivity (Wildman–Crippen MR) is 90.4 cm³/mol. The average Bonchev–Trinajstić information content (AvgIpc) is 2.77. The van der Waals surface area contributed by atoms with Gasteiger partial charge in [0.1, 0.15) is 12.2 Å². The van der Waals surface area contributed by atoms with Crippen LogP contribution in [0.5, 0.6) is 0 Å². The van der Waals surface area contributed by atoms with Gasteiger partial charge in [-0.3, -0.25) is 9.59 Å². The van der Waals surface area contributed by atoms with E-state index in [1.807, 2.05) is 0 Å². The van der Waals surface area contributed by atoms with E-state index < -0.39 is 35.7 Å². The maximum atomic E-state index is 12.1. The Morgan fingerprint density at radius 2 is 2.08 bits per heavy atom. The molecule has 0 bridgehead atoms. The molecule has 1 fully saturated rings. The van der Waals surface area contributed by atoms with Gasteiger partial charge in [-0.05, 0) is 37.6 Å². The Morgan fingerprint density at radius 1 is 1.44 bits per heavy atom. The molecule has 25 heavy (non-hydrogen) atoms. The highest BCUT2D eigenvalue weighted by molar-refractivity contribution is 6.03. The summed E-state index contributed by atoms with van der Waals surface area (Å²) in [5, 5.41) is 10.6. The van der Waals surface area contributed by atoms with E-state index >= 15 is 0 Å². The third-order valence-corrected chi connectivity index (χ3v) is 4.41. The van der Waals surface area contributed by atoms with Gasteiger partial charge >= 0.3 is 11.9 Å². The first kappa shape index (κ1) is 19.1. The molecule has 4 atom stereocenters. The summed E-state index contributed by atoms with van der Waals surface area (Å²) in [4.78, 5) is 36.2. The van der Waals surface area contributed by atoms with Crippen molar-refractivity contribution in [2.75, 3.05) is 0 Å². The fraction of sp³-hybridized carbons (Fsp3) is 0.526. The van der Waals surface area contributed by atoms with Gasteiger partial charge in [0.05, 0.1) is 17.4 Å². The summed E-state index contributed by atoms with van der Waals surface area (Å²) in [5.74, 6) is -2.34. The van der Waals surface area contributed by atoms with Gasteiger partial charge in [-0.2, -0.15) is 0 Å². The minimum atomic E-state index is -1.40. The van der Waals surface area contributed by atoms with Crippen molar-refractivity contribution in [3.05, 3.63) is 36.0 Å². The normalized spacial score (nSPS) is 36.3. The van der Waals surface area contributed by atoms with E-state index in [-0.39, 0.29) is 23.7 Å². The quantitative estimate of drug-likeness (QED) is 0.605. The molecular formula is C19H24O6. The Morgan fingerprint density at radius 3 is 2.68 bits per heavy atom. The van der Waals surface area contributed by atoms with E-state index in [2.05, 4.69) is 6.58 Å². The van der Waals surface area contributed by atoms with Gasteiger partial charge in [-0.1, -0.05) is 20.4 Å². The lowest BCUT2D eigenvalue weighted by Crippen LogP contribution is -2.40. The average molecular weight is 348 g/mol. The monoisotopic (exact) mass is 348 g/mol. The van der Waals surface area contributed by atoms with E-state index in [0.29, 0.717) is 5.57 Å². The highest BCUT2D eigenvalue weighted by Crippen LogP contribution is 2.37. The molecule has 1 aliphatic heterocycles. The molecule has 0 aromatic rings. The summed E-state index contributed by atoms with van der Waals surface area (Å²) in [5.41, 5.74) is -0.852. The van der Waals surface area contributed by atoms with Crippen molar-refractivity contribution in [1.82, 2.24) is 0 Å². The van der Waals surface area contributed by atoms with E-state index in [0.717, 1.165) is 0 Å². The molecule has 1 heterocycles. The Kier molecular flexibility index (Phi) is 5.32. The van der Waals surface area contributed by atoms with Crippen LogP contribution < -0.4 is 0 Å². The number of ketones is 1. The minimum Gasteiger partial charge on any atom is -0.461 e. The fourth-order valence-corrected chi connectivity index (χ4v) is 2.90. The molecule has 0 saturated carbocycles. The molecule has 2 aliphatic rings. The van der Waals surface area contributed by atoms with Crippen LogP contribution in [0.15, 0.2) is 36.0 Å². The molecule has 1 saturated heterocycles. The summed E-state index contributed by atoms with van der Waals surface area (Å²) < 4.78 is 10.9. The lowest BCUT2D eigenvalue weighted by atomic mass is 9.82. The number of rotatable bonds is 2. The molecule has 0 aromatic carbocycles. The Bertz CT molecular complexity index is 667. The summed E-state index contributed by atoms with van der Waals surface area (Å²) in [6, 6.07) is 0. The van der Waals surface area contributed by atoms with Crippen LogP contribution in [0.3, 0.4) is 0 Å². The molecule has 0 radical (unpaired) electrons. The number of esters is 2. The molecule has 0 unspecified atom stereocenters. The van der Waals surface area contributed by atoms with Crippen LogP contribution in [0, 0.1) is 11.8 Å². The van der Waals surface area contributed by atoms with Crippen LogP contribution >= 0.6 is 0 Å². The van der Waals surface area contributed by atoms with Crippen LogP contribution in [0.25, 0.3) is 0 Å². The lowest BCUT2D eigenvalue weighted by molar-refractivity contribution is -0.158.